The average Bonchev–Trinajstić information content (AvgIpc) is 3.07. The molecule has 0 aliphatic heterocycles. The van der Waals surface area contributed by atoms with E-state index in [-0.39, 0.29) is 0 Å². The van der Waals surface area contributed by atoms with Crippen molar-refractivity contribution >= 4 is 5.96 Å². The number of nitrogens with zero attached hydrogens (tertiary/aromatic N) is 2. The monoisotopic (exact) mass is 254 g/mol. The molecular weight excluding hydrogens is 224 g/mol. The molecule has 0 heterocycles. The van der Waals surface area contributed by atoms with E-state index in [4.69, 9.17) is 0 Å². The molecule has 0 aromatic rings. The summed E-state index contributed by atoms with van der Waals surface area (Å²) in [6, 6.07) is 1.88. The van der Waals surface area contributed by atoms with Crippen molar-refractivity contribution in [3.05, 3.63) is 0 Å². The van der Waals surface area contributed by atoms with Gasteiger partial charge in [0.2, 0.25) is 0 Å². The third kappa shape index (κ3) is 5.71. The molecule has 0 aromatic carbocycles. The predicted octanol–water partition coefficient (Wildman–Crippen LogP) is 1.82. The van der Waals surface area contributed by atoms with Gasteiger partial charge in [0.1, 0.15) is 0 Å². The summed E-state index contributed by atoms with van der Waals surface area (Å²) in [5, 5.41) is 6.63. The van der Waals surface area contributed by atoms with Gasteiger partial charge in [-0.2, -0.15) is 0 Å². The molecule has 0 spiro atoms. The first-order valence-corrected chi connectivity index (χ1v) is 7.35. The fourth-order valence-corrected chi connectivity index (χ4v) is 2.14. The number of nitrogens with one attached hydrogen (secondary N) is 2. The first-order valence-electron chi connectivity index (χ1n) is 7.35. The molecule has 18 heavy (non-hydrogen) atoms. The van der Waals surface area contributed by atoms with Crippen LogP contribution in [0.3, 0.4) is 0 Å². The lowest BCUT2D eigenvalue weighted by molar-refractivity contribution is 0.218. The van der Waals surface area contributed by atoms with Crippen LogP contribution in [0.25, 0.3) is 0 Å². The third-order valence-corrected chi connectivity index (χ3v) is 3.08. The van der Waals surface area contributed by atoms with Crippen LogP contribution >= 0.6 is 0 Å². The number of hydrogen-bond acceptors (Lipinski definition) is 2. The smallest absolute Gasteiger partial charge is 0.191 e. The Bertz CT molecular complexity index is 255. The first kappa shape index (κ1) is 15.3. The van der Waals surface area contributed by atoms with Crippen molar-refractivity contribution in [1.82, 2.24) is 15.5 Å². The van der Waals surface area contributed by atoms with Crippen LogP contribution in [-0.4, -0.2) is 48.6 Å². The van der Waals surface area contributed by atoms with Gasteiger partial charge in [-0.15, -0.1) is 0 Å². The summed E-state index contributed by atoms with van der Waals surface area (Å²) in [5.74, 6) is 0.937. The van der Waals surface area contributed by atoms with Gasteiger partial charge in [-0.3, -0.25) is 9.89 Å². The lowest BCUT2D eigenvalue weighted by atomic mass is 10.3. The molecule has 0 atom stereocenters. The Morgan fingerprint density at radius 2 is 1.94 bits per heavy atom. The summed E-state index contributed by atoms with van der Waals surface area (Å²) in [6.07, 6.45) is 2.73. The van der Waals surface area contributed by atoms with Gasteiger partial charge in [-0.05, 0) is 47.5 Å². The SMILES string of the molecule is CCNC(=NCCN(C(C)C)C1CC1)NC(C)C. The molecule has 0 aromatic heterocycles. The van der Waals surface area contributed by atoms with E-state index in [9.17, 15) is 0 Å². The fourth-order valence-electron chi connectivity index (χ4n) is 2.14. The van der Waals surface area contributed by atoms with E-state index in [1.165, 1.54) is 12.8 Å². The summed E-state index contributed by atoms with van der Waals surface area (Å²) < 4.78 is 0. The van der Waals surface area contributed by atoms with E-state index < -0.39 is 0 Å². The summed E-state index contributed by atoms with van der Waals surface area (Å²) in [6.45, 7) is 13.8. The second kappa shape index (κ2) is 7.62. The normalized spacial score (nSPS) is 16.8. The fraction of sp³-hybridized carbons (Fsp3) is 0.929. The van der Waals surface area contributed by atoms with Crippen molar-refractivity contribution in [1.29, 1.82) is 0 Å². The quantitative estimate of drug-likeness (QED) is 0.538. The summed E-state index contributed by atoms with van der Waals surface area (Å²) in [4.78, 5) is 7.21. The van der Waals surface area contributed by atoms with Crippen molar-refractivity contribution in [2.45, 2.75) is 65.6 Å². The van der Waals surface area contributed by atoms with Crippen LogP contribution in [0.5, 0.6) is 0 Å². The van der Waals surface area contributed by atoms with Gasteiger partial charge in [-0.1, -0.05) is 0 Å². The van der Waals surface area contributed by atoms with Gasteiger partial charge in [-0.25, -0.2) is 0 Å². The van der Waals surface area contributed by atoms with Crippen molar-refractivity contribution in [2.24, 2.45) is 4.99 Å². The Labute approximate surface area is 112 Å². The molecular formula is C14H30N4. The summed E-state index contributed by atoms with van der Waals surface area (Å²) in [5.41, 5.74) is 0. The molecule has 1 aliphatic rings. The maximum atomic E-state index is 4.64. The second-order valence-electron chi connectivity index (χ2n) is 5.62. The van der Waals surface area contributed by atoms with Crippen molar-refractivity contribution in [3.63, 3.8) is 0 Å². The van der Waals surface area contributed by atoms with E-state index in [1.54, 1.807) is 0 Å². The van der Waals surface area contributed by atoms with Crippen LogP contribution in [0.4, 0.5) is 0 Å². The Morgan fingerprint density at radius 3 is 2.39 bits per heavy atom. The van der Waals surface area contributed by atoms with E-state index in [2.05, 4.69) is 55.1 Å². The lowest BCUT2D eigenvalue weighted by Crippen LogP contribution is -2.42. The topological polar surface area (TPSA) is 39.7 Å². The molecule has 0 radical (unpaired) electrons. The molecule has 0 unspecified atom stereocenters. The summed E-state index contributed by atoms with van der Waals surface area (Å²) in [7, 11) is 0. The molecule has 0 amide bonds. The average molecular weight is 254 g/mol. The maximum Gasteiger partial charge on any atom is 0.191 e. The van der Waals surface area contributed by atoms with Gasteiger partial charge in [0, 0.05) is 31.2 Å². The highest BCUT2D eigenvalue weighted by Crippen LogP contribution is 2.28. The minimum Gasteiger partial charge on any atom is -0.357 e. The molecule has 0 saturated heterocycles. The highest BCUT2D eigenvalue weighted by molar-refractivity contribution is 5.79. The molecule has 1 saturated carbocycles. The van der Waals surface area contributed by atoms with Crippen molar-refractivity contribution < 1.29 is 0 Å². The first-order chi connectivity index (χ1) is 8.54. The molecule has 4 heteroatoms. The van der Waals surface area contributed by atoms with Crippen LogP contribution in [-0.2, 0) is 0 Å². The van der Waals surface area contributed by atoms with Gasteiger partial charge < -0.3 is 10.6 Å². The van der Waals surface area contributed by atoms with Gasteiger partial charge in [0.05, 0.1) is 6.54 Å². The molecule has 1 rings (SSSR count). The molecule has 0 bridgehead atoms. The Morgan fingerprint density at radius 1 is 1.28 bits per heavy atom. The van der Waals surface area contributed by atoms with Crippen LogP contribution in [0.1, 0.15) is 47.5 Å². The van der Waals surface area contributed by atoms with Crippen LogP contribution in [0.2, 0.25) is 0 Å². The molecule has 1 aliphatic carbocycles. The van der Waals surface area contributed by atoms with Crippen LogP contribution in [0, 0.1) is 0 Å². The lowest BCUT2D eigenvalue weighted by Gasteiger charge is -2.25. The Kier molecular flexibility index (Phi) is 6.47. The maximum absolute atomic E-state index is 4.64. The molecule has 106 valence electrons. The zero-order valence-electron chi connectivity index (χ0n) is 12.7. The predicted molar refractivity (Wildman–Crippen MR) is 79.1 cm³/mol. The van der Waals surface area contributed by atoms with E-state index in [0.717, 1.165) is 31.6 Å². The van der Waals surface area contributed by atoms with Gasteiger partial charge in [0.25, 0.3) is 0 Å². The molecule has 4 nitrogen and oxygen atoms in total. The molecule has 1 fully saturated rings. The van der Waals surface area contributed by atoms with Crippen molar-refractivity contribution in [3.8, 4) is 0 Å². The highest BCUT2D eigenvalue weighted by atomic mass is 15.2. The minimum absolute atomic E-state index is 0.424. The Balaban J connectivity index is 2.38. The van der Waals surface area contributed by atoms with Crippen LogP contribution in [0.15, 0.2) is 4.99 Å². The van der Waals surface area contributed by atoms with Crippen molar-refractivity contribution in [2.75, 3.05) is 19.6 Å². The third-order valence-electron chi connectivity index (χ3n) is 3.08. The molecule has 2 N–H and O–H groups in total. The largest absolute Gasteiger partial charge is 0.357 e. The van der Waals surface area contributed by atoms with E-state index in [1.807, 2.05) is 0 Å². The van der Waals surface area contributed by atoms with E-state index >= 15 is 0 Å². The zero-order chi connectivity index (χ0) is 13.5. The number of rotatable bonds is 7. The second-order valence-corrected chi connectivity index (χ2v) is 5.62. The Hall–Kier alpha value is -0.770. The standard InChI is InChI=1S/C14H30N4/c1-6-15-14(17-11(2)3)16-9-10-18(12(4)5)13-7-8-13/h11-13H,6-10H2,1-5H3,(H2,15,16,17). The van der Waals surface area contributed by atoms with Crippen LogP contribution < -0.4 is 10.6 Å². The minimum atomic E-state index is 0.424. The number of hydrogen-bond donors (Lipinski definition) is 2. The number of aliphatic imine (C=N–C) groups is 1. The number of guanidine groups is 1. The van der Waals surface area contributed by atoms with Gasteiger partial charge >= 0.3 is 0 Å². The zero-order valence-corrected chi connectivity index (χ0v) is 12.7. The summed E-state index contributed by atoms with van der Waals surface area (Å²) >= 11 is 0. The highest BCUT2D eigenvalue weighted by Gasteiger charge is 2.29. The van der Waals surface area contributed by atoms with E-state index in [0.29, 0.717) is 12.1 Å². The van der Waals surface area contributed by atoms with Gasteiger partial charge in [0.15, 0.2) is 5.96 Å².